The Labute approximate surface area is 175 Å². The number of carbonyl (C=O) groups is 1. The smallest absolute Gasteiger partial charge is 0.268 e. The fourth-order valence-corrected chi connectivity index (χ4v) is 4.80. The van der Waals surface area contributed by atoms with E-state index in [9.17, 15) is 9.59 Å². The topological polar surface area (TPSA) is 61.7 Å². The van der Waals surface area contributed by atoms with Crippen LogP contribution in [0.2, 0.25) is 0 Å². The van der Waals surface area contributed by atoms with E-state index in [1.54, 1.807) is 28.2 Å². The number of hydrogen-bond acceptors (Lipinski definition) is 6. The highest BCUT2D eigenvalue weighted by Gasteiger charge is 2.23. The summed E-state index contributed by atoms with van der Waals surface area (Å²) in [7, 11) is 0. The Morgan fingerprint density at radius 1 is 0.966 bits per heavy atom. The second-order valence-corrected chi connectivity index (χ2v) is 9.23. The van der Waals surface area contributed by atoms with Gasteiger partial charge >= 0.3 is 0 Å². The molecule has 0 saturated carbocycles. The molecule has 0 N–H and O–H groups in total. The van der Waals surface area contributed by atoms with Crippen LogP contribution in [0.25, 0.3) is 10.6 Å². The van der Waals surface area contributed by atoms with E-state index in [-0.39, 0.29) is 11.5 Å². The quantitative estimate of drug-likeness (QED) is 0.746. The van der Waals surface area contributed by atoms with Crippen LogP contribution < -0.4 is 5.56 Å². The van der Waals surface area contributed by atoms with Crippen molar-refractivity contribution >= 4 is 17.2 Å². The summed E-state index contributed by atoms with van der Waals surface area (Å²) in [6, 6.07) is 7.52. The van der Waals surface area contributed by atoms with Gasteiger partial charge in [-0.25, -0.2) is 4.68 Å². The van der Waals surface area contributed by atoms with Gasteiger partial charge in [0.2, 0.25) is 5.91 Å². The predicted octanol–water partition coefficient (Wildman–Crippen LogP) is 1.87. The van der Waals surface area contributed by atoms with Crippen LogP contribution in [-0.2, 0) is 11.5 Å². The number of rotatable bonds is 5. The first-order chi connectivity index (χ1) is 14.1. The van der Waals surface area contributed by atoms with E-state index in [2.05, 4.69) is 34.0 Å². The molecule has 1 amide bonds. The second-order valence-electron chi connectivity index (χ2n) is 7.94. The molecule has 0 atom stereocenters. The SMILES string of the molecule is Cc1ccc(-c2ccc(=O)n(CN3CCN(CC(=O)N4CCCCC4)CC3)n2)s1. The van der Waals surface area contributed by atoms with Crippen LogP contribution in [0.3, 0.4) is 0 Å². The first-order valence-corrected chi connectivity index (χ1v) is 11.3. The monoisotopic (exact) mass is 415 g/mol. The van der Waals surface area contributed by atoms with Gasteiger partial charge < -0.3 is 4.90 Å². The molecule has 0 aromatic carbocycles. The van der Waals surface area contributed by atoms with Gasteiger partial charge in [0.15, 0.2) is 0 Å². The Morgan fingerprint density at radius 3 is 2.38 bits per heavy atom. The van der Waals surface area contributed by atoms with E-state index in [0.29, 0.717) is 13.2 Å². The number of piperidine rings is 1. The van der Waals surface area contributed by atoms with Gasteiger partial charge in [-0.15, -0.1) is 11.3 Å². The van der Waals surface area contributed by atoms with E-state index in [1.807, 2.05) is 4.90 Å². The van der Waals surface area contributed by atoms with E-state index >= 15 is 0 Å². The number of amides is 1. The molecule has 2 aliphatic rings. The summed E-state index contributed by atoms with van der Waals surface area (Å²) in [5.41, 5.74) is 0.762. The lowest BCUT2D eigenvalue weighted by atomic mass is 10.1. The zero-order chi connectivity index (χ0) is 20.2. The number of aromatic nitrogens is 2. The molecule has 4 rings (SSSR count). The van der Waals surface area contributed by atoms with Crippen molar-refractivity contribution in [3.05, 3.63) is 39.5 Å². The third-order valence-corrected chi connectivity index (χ3v) is 6.75. The van der Waals surface area contributed by atoms with Gasteiger partial charge in [0, 0.05) is 50.2 Å². The summed E-state index contributed by atoms with van der Waals surface area (Å²) in [6.45, 7) is 8.26. The Kier molecular flexibility index (Phi) is 6.42. The molecular weight excluding hydrogens is 386 g/mol. The molecule has 29 heavy (non-hydrogen) atoms. The summed E-state index contributed by atoms with van der Waals surface area (Å²) in [5, 5.41) is 4.58. The average molecular weight is 416 g/mol. The van der Waals surface area contributed by atoms with E-state index in [1.165, 1.54) is 11.3 Å². The molecule has 0 bridgehead atoms. The van der Waals surface area contributed by atoms with Gasteiger partial charge in [0.05, 0.1) is 18.1 Å². The highest BCUT2D eigenvalue weighted by atomic mass is 32.1. The van der Waals surface area contributed by atoms with E-state index < -0.39 is 0 Å². The minimum absolute atomic E-state index is 0.0790. The van der Waals surface area contributed by atoms with Crippen LogP contribution in [0.4, 0.5) is 0 Å². The molecule has 156 valence electrons. The molecule has 0 aliphatic carbocycles. The van der Waals surface area contributed by atoms with Crippen molar-refractivity contribution in [3.8, 4) is 10.6 Å². The second kappa shape index (κ2) is 9.19. The molecule has 2 saturated heterocycles. The summed E-state index contributed by atoms with van der Waals surface area (Å²) < 4.78 is 1.55. The Bertz CT molecular complexity index is 894. The number of thiophene rings is 1. The molecule has 2 fully saturated rings. The normalized spacial score (nSPS) is 18.9. The minimum Gasteiger partial charge on any atom is -0.342 e. The minimum atomic E-state index is -0.0790. The number of carbonyl (C=O) groups excluding carboxylic acids is 1. The van der Waals surface area contributed by atoms with Crippen molar-refractivity contribution in [2.45, 2.75) is 32.9 Å². The third-order valence-electron chi connectivity index (χ3n) is 5.73. The highest BCUT2D eigenvalue weighted by molar-refractivity contribution is 7.15. The van der Waals surface area contributed by atoms with Crippen molar-refractivity contribution in [1.29, 1.82) is 0 Å². The molecular formula is C21H29N5O2S. The van der Waals surface area contributed by atoms with Crippen LogP contribution in [-0.4, -0.2) is 76.2 Å². The van der Waals surface area contributed by atoms with Crippen LogP contribution in [0.15, 0.2) is 29.1 Å². The molecule has 2 aromatic rings. The molecule has 2 aliphatic heterocycles. The third kappa shape index (κ3) is 5.12. The van der Waals surface area contributed by atoms with Gasteiger partial charge in [0.25, 0.3) is 5.56 Å². The van der Waals surface area contributed by atoms with Crippen molar-refractivity contribution < 1.29 is 4.79 Å². The van der Waals surface area contributed by atoms with Gasteiger partial charge in [-0.2, -0.15) is 5.10 Å². The standard InChI is InChI=1S/C21H29N5O2S/c1-17-5-7-19(29-17)18-6-8-20(27)26(22-18)16-24-13-11-23(12-14-24)15-21(28)25-9-3-2-4-10-25/h5-8H,2-4,9-16H2,1H3. The first-order valence-electron chi connectivity index (χ1n) is 10.5. The lowest BCUT2D eigenvalue weighted by Gasteiger charge is -2.35. The molecule has 4 heterocycles. The van der Waals surface area contributed by atoms with Crippen LogP contribution in [0.5, 0.6) is 0 Å². The molecule has 0 unspecified atom stereocenters. The Hall–Kier alpha value is -2.03. The molecule has 0 spiro atoms. The summed E-state index contributed by atoms with van der Waals surface area (Å²) in [5.74, 6) is 0.259. The van der Waals surface area contributed by atoms with Crippen molar-refractivity contribution in [3.63, 3.8) is 0 Å². The zero-order valence-electron chi connectivity index (χ0n) is 17.0. The van der Waals surface area contributed by atoms with Crippen molar-refractivity contribution in [2.24, 2.45) is 0 Å². The molecule has 8 heteroatoms. The maximum Gasteiger partial charge on any atom is 0.268 e. The summed E-state index contributed by atoms with van der Waals surface area (Å²) >= 11 is 1.69. The lowest BCUT2D eigenvalue weighted by molar-refractivity contribution is -0.133. The maximum atomic E-state index is 12.5. The predicted molar refractivity (Wildman–Crippen MR) is 115 cm³/mol. The van der Waals surface area contributed by atoms with Gasteiger partial charge in [-0.1, -0.05) is 0 Å². The number of hydrogen-bond donors (Lipinski definition) is 0. The van der Waals surface area contributed by atoms with Crippen molar-refractivity contribution in [1.82, 2.24) is 24.5 Å². The lowest BCUT2D eigenvalue weighted by Crippen LogP contribution is -2.51. The summed E-state index contributed by atoms with van der Waals surface area (Å²) in [4.78, 5) is 33.5. The fraction of sp³-hybridized carbons (Fsp3) is 0.571. The maximum absolute atomic E-state index is 12.5. The van der Waals surface area contributed by atoms with Crippen LogP contribution in [0, 0.1) is 6.92 Å². The van der Waals surface area contributed by atoms with Crippen molar-refractivity contribution in [2.75, 3.05) is 45.8 Å². The number of likely N-dealkylation sites (tertiary alicyclic amines) is 1. The number of aryl methyl sites for hydroxylation is 1. The van der Waals surface area contributed by atoms with E-state index in [4.69, 9.17) is 0 Å². The first kappa shape index (κ1) is 20.3. The largest absolute Gasteiger partial charge is 0.342 e. The summed E-state index contributed by atoms with van der Waals surface area (Å²) in [6.07, 6.45) is 3.50. The van der Waals surface area contributed by atoms with Gasteiger partial charge in [-0.05, 0) is 44.4 Å². The Morgan fingerprint density at radius 2 is 1.69 bits per heavy atom. The molecule has 7 nitrogen and oxygen atoms in total. The van der Waals surface area contributed by atoms with Gasteiger partial charge in [0.1, 0.15) is 5.69 Å². The highest BCUT2D eigenvalue weighted by Crippen LogP contribution is 2.25. The molecule has 2 aromatic heterocycles. The van der Waals surface area contributed by atoms with Crippen LogP contribution >= 0.6 is 11.3 Å². The fourth-order valence-electron chi connectivity index (χ4n) is 3.97. The number of piperazine rings is 1. The molecule has 0 radical (unpaired) electrons. The number of nitrogens with zero attached hydrogens (tertiary/aromatic N) is 5. The average Bonchev–Trinajstić information content (AvgIpc) is 3.18. The van der Waals surface area contributed by atoms with Gasteiger partial charge in [-0.3, -0.25) is 19.4 Å². The van der Waals surface area contributed by atoms with E-state index in [0.717, 1.165) is 62.7 Å². The van der Waals surface area contributed by atoms with Crippen LogP contribution in [0.1, 0.15) is 24.1 Å². The zero-order valence-corrected chi connectivity index (χ0v) is 17.9. The Balaban J connectivity index is 1.31.